The van der Waals surface area contributed by atoms with E-state index in [1.54, 1.807) is 34.9 Å². The van der Waals surface area contributed by atoms with Crippen molar-refractivity contribution in [3.05, 3.63) is 65.5 Å². The Balaban J connectivity index is 1.40. The standard InChI is InChI=1S/C23H28FN3O3/c1-17-7-9-19(10-8-17)15-22(28)26-11-13-27(14-12-26)23(29)25-18(2)16-30-21-6-4-3-5-20(21)24/h3-10,18H,11-16H2,1-2H3,(H,25,29). The number of hydrogen-bond donors (Lipinski definition) is 1. The van der Waals surface area contributed by atoms with E-state index >= 15 is 0 Å². The number of ether oxygens (including phenoxy) is 1. The lowest BCUT2D eigenvalue weighted by molar-refractivity contribution is -0.131. The number of carbonyl (C=O) groups is 2. The van der Waals surface area contributed by atoms with Crippen molar-refractivity contribution in [2.75, 3.05) is 32.8 Å². The zero-order chi connectivity index (χ0) is 21.5. The van der Waals surface area contributed by atoms with Crippen LogP contribution in [0.3, 0.4) is 0 Å². The fourth-order valence-corrected chi connectivity index (χ4v) is 3.27. The van der Waals surface area contributed by atoms with Crippen molar-refractivity contribution in [3.8, 4) is 5.75 Å². The molecule has 0 bridgehead atoms. The number of nitrogens with zero attached hydrogens (tertiary/aromatic N) is 2. The predicted octanol–water partition coefficient (Wildman–Crippen LogP) is 3.00. The normalized spacial score (nSPS) is 14.9. The number of urea groups is 1. The number of carbonyl (C=O) groups excluding carboxylic acids is 2. The Morgan fingerprint density at radius 2 is 1.67 bits per heavy atom. The lowest BCUT2D eigenvalue weighted by Gasteiger charge is -2.35. The van der Waals surface area contributed by atoms with Crippen LogP contribution in [0.25, 0.3) is 0 Å². The van der Waals surface area contributed by atoms with E-state index in [2.05, 4.69) is 5.32 Å². The highest BCUT2D eigenvalue weighted by Gasteiger charge is 2.25. The number of hydrogen-bond acceptors (Lipinski definition) is 3. The molecule has 30 heavy (non-hydrogen) atoms. The first-order valence-corrected chi connectivity index (χ1v) is 10.2. The summed E-state index contributed by atoms with van der Waals surface area (Å²) in [5.41, 5.74) is 2.16. The molecule has 6 nitrogen and oxygen atoms in total. The summed E-state index contributed by atoms with van der Waals surface area (Å²) in [6, 6.07) is 13.6. The van der Waals surface area contributed by atoms with Crippen molar-refractivity contribution in [3.63, 3.8) is 0 Å². The summed E-state index contributed by atoms with van der Waals surface area (Å²) in [5.74, 6) is -0.188. The Bertz CT molecular complexity index is 864. The number of para-hydroxylation sites is 1. The minimum Gasteiger partial charge on any atom is -0.488 e. The van der Waals surface area contributed by atoms with Crippen molar-refractivity contribution in [2.24, 2.45) is 0 Å². The molecule has 1 heterocycles. The third-order valence-corrected chi connectivity index (χ3v) is 5.09. The molecule has 0 saturated carbocycles. The Hall–Kier alpha value is -3.09. The van der Waals surface area contributed by atoms with Crippen molar-refractivity contribution < 1.29 is 18.7 Å². The largest absolute Gasteiger partial charge is 0.488 e. The van der Waals surface area contributed by atoms with E-state index in [1.807, 2.05) is 31.2 Å². The molecule has 7 heteroatoms. The molecule has 1 atom stereocenters. The van der Waals surface area contributed by atoms with E-state index in [-0.39, 0.29) is 30.3 Å². The second-order valence-corrected chi connectivity index (χ2v) is 7.62. The Morgan fingerprint density at radius 1 is 1.03 bits per heavy atom. The molecule has 0 aromatic heterocycles. The maximum atomic E-state index is 13.6. The topological polar surface area (TPSA) is 61.9 Å². The summed E-state index contributed by atoms with van der Waals surface area (Å²) in [6.45, 7) is 5.97. The van der Waals surface area contributed by atoms with Gasteiger partial charge in [0.15, 0.2) is 11.6 Å². The van der Waals surface area contributed by atoms with Crippen LogP contribution in [0.5, 0.6) is 5.75 Å². The molecule has 2 aromatic carbocycles. The Kier molecular flexibility index (Phi) is 7.27. The van der Waals surface area contributed by atoms with E-state index < -0.39 is 5.82 Å². The van der Waals surface area contributed by atoms with Gasteiger partial charge in [-0.15, -0.1) is 0 Å². The van der Waals surface area contributed by atoms with Gasteiger partial charge < -0.3 is 19.9 Å². The lowest BCUT2D eigenvalue weighted by Crippen LogP contribution is -2.55. The average molecular weight is 413 g/mol. The maximum Gasteiger partial charge on any atom is 0.317 e. The van der Waals surface area contributed by atoms with Crippen LogP contribution < -0.4 is 10.1 Å². The van der Waals surface area contributed by atoms with Gasteiger partial charge in [-0.05, 0) is 31.5 Å². The molecular formula is C23H28FN3O3. The molecule has 3 rings (SSSR count). The van der Waals surface area contributed by atoms with Crippen LogP contribution in [0.4, 0.5) is 9.18 Å². The van der Waals surface area contributed by atoms with E-state index in [0.717, 1.165) is 5.56 Å². The van der Waals surface area contributed by atoms with Crippen LogP contribution in [0.15, 0.2) is 48.5 Å². The average Bonchev–Trinajstić information content (AvgIpc) is 2.75. The fraction of sp³-hybridized carbons (Fsp3) is 0.391. The van der Waals surface area contributed by atoms with Crippen LogP contribution in [-0.2, 0) is 11.2 Å². The minimum absolute atomic E-state index is 0.0746. The van der Waals surface area contributed by atoms with E-state index in [9.17, 15) is 14.0 Å². The highest BCUT2D eigenvalue weighted by atomic mass is 19.1. The maximum absolute atomic E-state index is 13.6. The molecule has 2 aromatic rings. The zero-order valence-electron chi connectivity index (χ0n) is 17.4. The molecule has 3 amide bonds. The number of benzene rings is 2. The second-order valence-electron chi connectivity index (χ2n) is 7.62. The molecule has 0 aliphatic carbocycles. The smallest absolute Gasteiger partial charge is 0.317 e. The zero-order valence-corrected chi connectivity index (χ0v) is 17.4. The van der Waals surface area contributed by atoms with Crippen molar-refractivity contribution in [1.82, 2.24) is 15.1 Å². The van der Waals surface area contributed by atoms with E-state index in [4.69, 9.17) is 4.74 Å². The first-order chi connectivity index (χ1) is 14.4. The first kappa shape index (κ1) is 21.6. The third kappa shape index (κ3) is 5.95. The van der Waals surface area contributed by atoms with E-state index in [0.29, 0.717) is 32.6 Å². The van der Waals surface area contributed by atoms with Crippen LogP contribution in [0, 0.1) is 12.7 Å². The molecule has 1 unspecified atom stereocenters. The van der Waals surface area contributed by atoms with Crippen LogP contribution in [0.1, 0.15) is 18.1 Å². The summed E-state index contributed by atoms with van der Waals surface area (Å²) in [6.07, 6.45) is 0.372. The Labute approximate surface area is 176 Å². The molecule has 160 valence electrons. The van der Waals surface area contributed by atoms with Gasteiger partial charge in [0.2, 0.25) is 5.91 Å². The second kappa shape index (κ2) is 10.1. The number of rotatable bonds is 6. The Morgan fingerprint density at radius 3 is 2.33 bits per heavy atom. The monoisotopic (exact) mass is 413 g/mol. The molecule has 0 spiro atoms. The van der Waals surface area contributed by atoms with Gasteiger partial charge in [-0.2, -0.15) is 0 Å². The molecule has 1 saturated heterocycles. The van der Waals surface area contributed by atoms with E-state index in [1.165, 1.54) is 11.6 Å². The number of amides is 3. The quantitative estimate of drug-likeness (QED) is 0.792. The SMILES string of the molecule is Cc1ccc(CC(=O)N2CCN(C(=O)NC(C)COc3ccccc3F)CC2)cc1. The highest BCUT2D eigenvalue weighted by molar-refractivity contribution is 5.79. The number of nitrogens with one attached hydrogen (secondary N) is 1. The molecule has 1 aliphatic rings. The first-order valence-electron chi connectivity index (χ1n) is 10.2. The van der Waals surface area contributed by atoms with Crippen molar-refractivity contribution in [1.29, 1.82) is 0 Å². The van der Waals surface area contributed by atoms with Crippen molar-refractivity contribution in [2.45, 2.75) is 26.3 Å². The number of piperazine rings is 1. The summed E-state index contributed by atoms with van der Waals surface area (Å²) in [7, 11) is 0. The van der Waals surface area contributed by atoms with Gasteiger partial charge in [0, 0.05) is 26.2 Å². The summed E-state index contributed by atoms with van der Waals surface area (Å²) in [5, 5.41) is 2.86. The highest BCUT2D eigenvalue weighted by Crippen LogP contribution is 2.15. The van der Waals surface area contributed by atoms with Gasteiger partial charge in [0.1, 0.15) is 6.61 Å². The summed E-state index contributed by atoms with van der Waals surface area (Å²) >= 11 is 0. The third-order valence-electron chi connectivity index (χ3n) is 5.09. The van der Waals surface area contributed by atoms with Gasteiger partial charge in [-0.25, -0.2) is 9.18 Å². The summed E-state index contributed by atoms with van der Waals surface area (Å²) < 4.78 is 19.0. The molecule has 1 fully saturated rings. The number of halogens is 1. The minimum atomic E-state index is -0.428. The van der Waals surface area contributed by atoms with Crippen LogP contribution in [0.2, 0.25) is 0 Å². The fourth-order valence-electron chi connectivity index (χ4n) is 3.27. The lowest BCUT2D eigenvalue weighted by atomic mass is 10.1. The van der Waals surface area contributed by atoms with Gasteiger partial charge in [0.05, 0.1) is 12.5 Å². The van der Waals surface area contributed by atoms with Gasteiger partial charge >= 0.3 is 6.03 Å². The molecule has 1 N–H and O–H groups in total. The van der Waals surface area contributed by atoms with Crippen molar-refractivity contribution >= 4 is 11.9 Å². The van der Waals surface area contributed by atoms with Gasteiger partial charge in [-0.3, -0.25) is 4.79 Å². The van der Waals surface area contributed by atoms with Gasteiger partial charge in [-0.1, -0.05) is 42.0 Å². The molecule has 1 aliphatic heterocycles. The number of aryl methyl sites for hydroxylation is 1. The van der Waals surface area contributed by atoms with Crippen LogP contribution >= 0.6 is 0 Å². The molecule has 0 radical (unpaired) electrons. The predicted molar refractivity (Wildman–Crippen MR) is 113 cm³/mol. The van der Waals surface area contributed by atoms with Gasteiger partial charge in [0.25, 0.3) is 0 Å². The molecular weight excluding hydrogens is 385 g/mol. The van der Waals surface area contributed by atoms with Crippen LogP contribution in [-0.4, -0.2) is 60.6 Å². The summed E-state index contributed by atoms with van der Waals surface area (Å²) in [4.78, 5) is 28.5.